The van der Waals surface area contributed by atoms with Gasteiger partial charge in [0.25, 0.3) is 0 Å². The van der Waals surface area contributed by atoms with Crippen LogP contribution in [-0.2, 0) is 6.18 Å². The molecule has 0 aliphatic rings. The van der Waals surface area contributed by atoms with Crippen molar-refractivity contribution in [3.05, 3.63) is 40.6 Å². The number of hydrogen-bond donors (Lipinski definition) is 1. The number of halogens is 4. The Labute approximate surface area is 103 Å². The lowest BCUT2D eigenvalue weighted by Gasteiger charge is -2.12. The van der Waals surface area contributed by atoms with Crippen molar-refractivity contribution in [1.29, 1.82) is 0 Å². The summed E-state index contributed by atoms with van der Waals surface area (Å²) in [7, 11) is 0. The van der Waals surface area contributed by atoms with Crippen LogP contribution in [0.25, 0.3) is 5.69 Å². The SMILES string of the molecule is Nc1cnn(-c2cc(Br)ccc2C(F)(F)F)c1. The highest BCUT2D eigenvalue weighted by Crippen LogP contribution is 2.35. The normalized spacial score (nSPS) is 11.8. The van der Waals surface area contributed by atoms with Gasteiger partial charge in [0, 0.05) is 4.47 Å². The van der Waals surface area contributed by atoms with Crippen LogP contribution in [0.1, 0.15) is 5.56 Å². The summed E-state index contributed by atoms with van der Waals surface area (Å²) in [5.41, 5.74) is 4.91. The summed E-state index contributed by atoms with van der Waals surface area (Å²) >= 11 is 3.13. The smallest absolute Gasteiger partial charge is 0.396 e. The monoisotopic (exact) mass is 305 g/mol. The summed E-state index contributed by atoms with van der Waals surface area (Å²) in [6.45, 7) is 0. The number of nitrogens with two attached hydrogens (primary N) is 1. The highest BCUT2D eigenvalue weighted by molar-refractivity contribution is 9.10. The fourth-order valence-corrected chi connectivity index (χ4v) is 1.75. The molecule has 0 aliphatic carbocycles. The van der Waals surface area contributed by atoms with E-state index in [1.165, 1.54) is 24.5 Å². The minimum absolute atomic E-state index is 0.0661. The van der Waals surface area contributed by atoms with E-state index in [0.717, 1.165) is 10.7 Å². The molecule has 1 heterocycles. The number of nitrogens with zero attached hydrogens (tertiary/aromatic N) is 2. The molecule has 0 amide bonds. The molecule has 0 saturated heterocycles. The third-order valence-electron chi connectivity index (χ3n) is 2.11. The Hall–Kier alpha value is -1.50. The number of aromatic nitrogens is 2. The molecule has 2 aromatic rings. The summed E-state index contributed by atoms with van der Waals surface area (Å²) in [5.74, 6) is 0. The minimum Gasteiger partial charge on any atom is -0.396 e. The number of nitrogen functional groups attached to an aromatic ring is 1. The van der Waals surface area contributed by atoms with E-state index >= 15 is 0 Å². The number of rotatable bonds is 1. The zero-order valence-electron chi connectivity index (χ0n) is 8.37. The highest BCUT2D eigenvalue weighted by Gasteiger charge is 2.34. The van der Waals surface area contributed by atoms with Crippen molar-refractivity contribution in [3.8, 4) is 5.69 Å². The third-order valence-corrected chi connectivity index (χ3v) is 2.61. The molecule has 2 N–H and O–H groups in total. The van der Waals surface area contributed by atoms with Crippen molar-refractivity contribution in [1.82, 2.24) is 9.78 Å². The maximum atomic E-state index is 12.8. The van der Waals surface area contributed by atoms with Crippen LogP contribution in [0.4, 0.5) is 18.9 Å². The first-order valence-electron chi connectivity index (χ1n) is 4.55. The van der Waals surface area contributed by atoms with Crippen LogP contribution < -0.4 is 5.73 Å². The van der Waals surface area contributed by atoms with E-state index < -0.39 is 11.7 Å². The van der Waals surface area contributed by atoms with Gasteiger partial charge in [-0.3, -0.25) is 0 Å². The van der Waals surface area contributed by atoms with Crippen molar-refractivity contribution in [2.45, 2.75) is 6.18 Å². The maximum Gasteiger partial charge on any atom is 0.418 e. The van der Waals surface area contributed by atoms with E-state index in [1.807, 2.05) is 0 Å². The third kappa shape index (κ3) is 2.44. The van der Waals surface area contributed by atoms with Gasteiger partial charge in [-0.1, -0.05) is 15.9 Å². The molecule has 0 atom stereocenters. The van der Waals surface area contributed by atoms with Crippen LogP contribution in [0.3, 0.4) is 0 Å². The summed E-state index contributed by atoms with van der Waals surface area (Å²) in [5, 5.41) is 3.77. The van der Waals surface area contributed by atoms with Gasteiger partial charge < -0.3 is 5.73 Å². The van der Waals surface area contributed by atoms with Gasteiger partial charge in [0.05, 0.1) is 29.3 Å². The Morgan fingerprint density at radius 3 is 2.53 bits per heavy atom. The van der Waals surface area contributed by atoms with E-state index in [1.54, 1.807) is 0 Å². The minimum atomic E-state index is -4.43. The molecule has 17 heavy (non-hydrogen) atoms. The Kier molecular flexibility index (Phi) is 2.86. The number of anilines is 1. The largest absolute Gasteiger partial charge is 0.418 e. The van der Waals surface area contributed by atoms with Gasteiger partial charge in [0.2, 0.25) is 0 Å². The average Bonchev–Trinajstić information content (AvgIpc) is 2.62. The molecule has 1 aromatic heterocycles. The summed E-state index contributed by atoms with van der Waals surface area (Å²) in [6, 6.07) is 3.67. The van der Waals surface area contributed by atoms with E-state index in [9.17, 15) is 13.2 Å². The molecule has 2 rings (SSSR count). The van der Waals surface area contributed by atoms with Gasteiger partial charge in [-0.15, -0.1) is 0 Å². The van der Waals surface area contributed by atoms with Gasteiger partial charge >= 0.3 is 6.18 Å². The highest BCUT2D eigenvalue weighted by atomic mass is 79.9. The average molecular weight is 306 g/mol. The van der Waals surface area contributed by atoms with E-state index in [0.29, 0.717) is 10.2 Å². The van der Waals surface area contributed by atoms with Crippen LogP contribution in [0.2, 0.25) is 0 Å². The van der Waals surface area contributed by atoms with Crippen molar-refractivity contribution < 1.29 is 13.2 Å². The fourth-order valence-electron chi connectivity index (χ4n) is 1.40. The lowest BCUT2D eigenvalue weighted by molar-refractivity contribution is -0.137. The second-order valence-corrected chi connectivity index (χ2v) is 4.29. The lowest BCUT2D eigenvalue weighted by Crippen LogP contribution is -2.11. The molecule has 0 bridgehead atoms. The first kappa shape index (κ1) is 12.0. The molecule has 0 aliphatic heterocycles. The van der Waals surface area contributed by atoms with Gasteiger partial charge in [-0.05, 0) is 18.2 Å². The molecule has 0 saturated carbocycles. The standard InChI is InChI=1S/C10H7BrF3N3/c11-6-1-2-8(10(12,13)14)9(3-6)17-5-7(15)4-16-17/h1-5H,15H2. The Bertz CT molecular complexity index is 548. The predicted octanol–water partition coefficient (Wildman–Crippen LogP) is 3.24. The first-order valence-corrected chi connectivity index (χ1v) is 5.34. The molecular formula is C10H7BrF3N3. The quantitative estimate of drug-likeness (QED) is 0.879. The topological polar surface area (TPSA) is 43.8 Å². The summed E-state index contributed by atoms with van der Waals surface area (Å²) < 4.78 is 40.0. The number of alkyl halides is 3. The molecule has 90 valence electrons. The van der Waals surface area contributed by atoms with Gasteiger partial charge in [0.15, 0.2) is 0 Å². The second-order valence-electron chi connectivity index (χ2n) is 3.38. The molecule has 0 fully saturated rings. The zero-order chi connectivity index (χ0) is 12.6. The van der Waals surface area contributed by atoms with Crippen LogP contribution in [0, 0.1) is 0 Å². The molecule has 3 nitrogen and oxygen atoms in total. The van der Waals surface area contributed by atoms with Crippen molar-refractivity contribution >= 4 is 21.6 Å². The van der Waals surface area contributed by atoms with Crippen molar-refractivity contribution in [2.75, 3.05) is 5.73 Å². The van der Waals surface area contributed by atoms with Crippen molar-refractivity contribution in [3.63, 3.8) is 0 Å². The van der Waals surface area contributed by atoms with E-state index in [4.69, 9.17) is 5.73 Å². The van der Waals surface area contributed by atoms with Gasteiger partial charge in [0.1, 0.15) is 0 Å². The van der Waals surface area contributed by atoms with Gasteiger partial charge in [-0.2, -0.15) is 18.3 Å². The van der Waals surface area contributed by atoms with Crippen LogP contribution in [0.5, 0.6) is 0 Å². The summed E-state index contributed by atoms with van der Waals surface area (Å²) in [4.78, 5) is 0. The molecular weight excluding hydrogens is 299 g/mol. The van der Waals surface area contributed by atoms with Crippen LogP contribution in [-0.4, -0.2) is 9.78 Å². The molecule has 0 unspecified atom stereocenters. The maximum absolute atomic E-state index is 12.8. The molecule has 7 heteroatoms. The van der Waals surface area contributed by atoms with E-state index in [-0.39, 0.29) is 5.69 Å². The Balaban J connectivity index is 2.63. The Morgan fingerprint density at radius 2 is 2.00 bits per heavy atom. The van der Waals surface area contributed by atoms with Crippen molar-refractivity contribution in [2.24, 2.45) is 0 Å². The Morgan fingerprint density at radius 1 is 1.29 bits per heavy atom. The second kappa shape index (κ2) is 4.06. The zero-order valence-corrected chi connectivity index (χ0v) is 9.96. The van der Waals surface area contributed by atoms with E-state index in [2.05, 4.69) is 21.0 Å². The van der Waals surface area contributed by atoms with Crippen LogP contribution in [0.15, 0.2) is 35.1 Å². The van der Waals surface area contributed by atoms with Crippen LogP contribution >= 0.6 is 15.9 Å². The molecule has 0 radical (unpaired) electrons. The number of benzene rings is 1. The first-order chi connectivity index (χ1) is 7.88. The lowest BCUT2D eigenvalue weighted by atomic mass is 10.1. The molecule has 1 aromatic carbocycles. The summed E-state index contributed by atoms with van der Waals surface area (Å²) in [6.07, 6.45) is -1.81. The molecule has 0 spiro atoms. The fraction of sp³-hybridized carbons (Fsp3) is 0.100. The number of hydrogen-bond acceptors (Lipinski definition) is 2. The van der Waals surface area contributed by atoms with Gasteiger partial charge in [-0.25, -0.2) is 4.68 Å². The predicted molar refractivity (Wildman–Crippen MR) is 60.7 cm³/mol.